The quantitative estimate of drug-likeness (QED) is 0.0850. The van der Waals surface area contributed by atoms with Gasteiger partial charge in [-0.3, -0.25) is 29.4 Å². The number of carbonyl (C=O) groups is 4. The molecule has 3 N–H and O–H groups in total. The van der Waals surface area contributed by atoms with Crippen molar-refractivity contribution in [3.05, 3.63) is 83.2 Å². The van der Waals surface area contributed by atoms with Gasteiger partial charge < -0.3 is 39.4 Å². The van der Waals surface area contributed by atoms with Crippen LogP contribution < -0.4 is 25.6 Å². The summed E-state index contributed by atoms with van der Waals surface area (Å²) >= 11 is 0. The summed E-state index contributed by atoms with van der Waals surface area (Å²) in [6.45, 7) is 10.7. The number of anilines is 4. The first kappa shape index (κ1) is 45.4. The summed E-state index contributed by atoms with van der Waals surface area (Å²) < 4.78 is 52.9. The van der Waals surface area contributed by atoms with Gasteiger partial charge in [-0.05, 0) is 88.0 Å². The number of nitrogens with zero attached hydrogens (tertiary/aromatic N) is 6. The zero-order valence-corrected chi connectivity index (χ0v) is 36.4. The number of rotatable bonds is 19. The maximum Gasteiger partial charge on any atom is 0.264 e. The lowest BCUT2D eigenvalue weighted by molar-refractivity contribution is -0.136. The summed E-state index contributed by atoms with van der Waals surface area (Å²) in [4.78, 5) is 68.7. The predicted octanol–water partition coefficient (Wildman–Crippen LogP) is 4.91. The molecule has 17 nitrogen and oxygen atoms in total. The third-order valence-corrected chi connectivity index (χ3v) is 12.0. The van der Waals surface area contributed by atoms with E-state index in [0.717, 1.165) is 49.1 Å². The molecule has 1 atom stereocenters. The number of hydrogen-bond donors (Lipinski definition) is 3. The Labute approximate surface area is 375 Å². The predicted molar refractivity (Wildman–Crippen MR) is 235 cm³/mol. The van der Waals surface area contributed by atoms with Crippen molar-refractivity contribution in [2.45, 2.75) is 57.5 Å². The normalized spacial score (nSPS) is 17.9. The molecule has 2 fully saturated rings. The molecule has 8 rings (SSSR count). The highest BCUT2D eigenvalue weighted by molar-refractivity contribution is 6.25. The van der Waals surface area contributed by atoms with Crippen LogP contribution in [0.3, 0.4) is 0 Å². The number of ether oxygens (including phenoxy) is 4. The van der Waals surface area contributed by atoms with Crippen LogP contribution in [-0.4, -0.2) is 139 Å². The molecule has 4 amide bonds. The van der Waals surface area contributed by atoms with Gasteiger partial charge >= 0.3 is 0 Å². The molecule has 6 heterocycles. The number of imide groups is 2. The van der Waals surface area contributed by atoms with Crippen LogP contribution in [0.1, 0.15) is 71.7 Å². The number of fused-ring (bicyclic) bond motifs is 2. The van der Waals surface area contributed by atoms with E-state index in [9.17, 15) is 19.2 Å². The number of benzene rings is 2. The van der Waals surface area contributed by atoms with Crippen LogP contribution in [-0.2, 0) is 23.8 Å². The Bertz CT molecular complexity index is 2380. The number of aromatic nitrogens is 3. The van der Waals surface area contributed by atoms with Gasteiger partial charge in [0, 0.05) is 43.0 Å². The van der Waals surface area contributed by atoms with Gasteiger partial charge in [0.1, 0.15) is 24.2 Å². The average molecular weight is 898 g/mol. The van der Waals surface area contributed by atoms with Crippen LogP contribution in [0.5, 0.6) is 5.75 Å². The maximum atomic E-state index is 15.1. The molecule has 2 saturated heterocycles. The van der Waals surface area contributed by atoms with Crippen molar-refractivity contribution < 1.29 is 46.9 Å². The Kier molecular flexibility index (Phi) is 14.5. The lowest BCUT2D eigenvalue weighted by Crippen LogP contribution is -2.54. The molecule has 0 bridgehead atoms. The van der Waals surface area contributed by atoms with Crippen molar-refractivity contribution in [1.82, 2.24) is 30.1 Å². The highest BCUT2D eigenvalue weighted by Crippen LogP contribution is 2.40. The van der Waals surface area contributed by atoms with Crippen LogP contribution in [0.2, 0.25) is 0 Å². The third kappa shape index (κ3) is 10.5. The van der Waals surface area contributed by atoms with E-state index in [1.807, 2.05) is 37.1 Å². The highest BCUT2D eigenvalue weighted by atomic mass is 19.1. The van der Waals surface area contributed by atoms with Crippen LogP contribution in [0.4, 0.5) is 31.9 Å². The van der Waals surface area contributed by atoms with Crippen molar-refractivity contribution in [1.29, 1.82) is 0 Å². The first-order valence-electron chi connectivity index (χ1n) is 22.1. The van der Waals surface area contributed by atoms with Crippen LogP contribution >= 0.6 is 0 Å². The number of carbonyl (C=O) groups excluding carboxylic acids is 4. The lowest BCUT2D eigenvalue weighted by Gasteiger charge is -2.34. The zero-order chi connectivity index (χ0) is 45.5. The number of nitrogens with one attached hydrogen (secondary N) is 3. The fraction of sp³-hybridized carbons (Fsp3) is 0.457. The molecule has 0 spiro atoms. The minimum atomic E-state index is -1.02. The second-order valence-corrected chi connectivity index (χ2v) is 16.5. The lowest BCUT2D eigenvalue weighted by atomic mass is 9.90. The molecule has 1 unspecified atom stereocenters. The van der Waals surface area contributed by atoms with Gasteiger partial charge in [0.05, 0.1) is 69.2 Å². The number of pyridine rings is 1. The van der Waals surface area contributed by atoms with Gasteiger partial charge in [-0.15, -0.1) is 0 Å². The van der Waals surface area contributed by atoms with E-state index in [-0.39, 0.29) is 53.0 Å². The second kappa shape index (κ2) is 20.8. The van der Waals surface area contributed by atoms with Crippen LogP contribution in [0.15, 0.2) is 54.9 Å². The van der Waals surface area contributed by atoms with E-state index in [2.05, 4.69) is 35.8 Å². The number of hydrogen-bond acceptors (Lipinski definition) is 15. The summed E-state index contributed by atoms with van der Waals surface area (Å²) in [6, 6.07) is 10.8. The summed E-state index contributed by atoms with van der Waals surface area (Å²) in [5, 5.41) is 8.42. The van der Waals surface area contributed by atoms with Gasteiger partial charge in [-0.25, -0.2) is 23.7 Å². The topological polar surface area (TPSA) is 190 Å². The first-order valence-corrected chi connectivity index (χ1v) is 22.1. The minimum absolute atomic E-state index is 0.0231. The zero-order valence-electron chi connectivity index (χ0n) is 36.4. The molecule has 2 aromatic heterocycles. The van der Waals surface area contributed by atoms with Gasteiger partial charge in [-0.1, -0.05) is 12.1 Å². The summed E-state index contributed by atoms with van der Waals surface area (Å²) in [5.41, 5.74) is 2.87. The van der Waals surface area contributed by atoms with E-state index in [1.54, 1.807) is 24.3 Å². The Morgan fingerprint density at radius 3 is 2.37 bits per heavy atom. The summed E-state index contributed by atoms with van der Waals surface area (Å²) in [7, 11) is 0. The first-order chi connectivity index (χ1) is 31.5. The van der Waals surface area contributed by atoms with E-state index < -0.39 is 41.3 Å². The average Bonchev–Trinajstić information content (AvgIpc) is 3.56. The molecule has 4 aromatic rings. The van der Waals surface area contributed by atoms with Gasteiger partial charge in [0.25, 0.3) is 11.8 Å². The summed E-state index contributed by atoms with van der Waals surface area (Å²) in [5.74, 6) is -2.23. The SMILES string of the molecule is CC(C)N1CCOc2c(F)cc(-c3nc(Nc4ccc(C5CCN(CCOCCOCCOCCNc6cccc7c6C(=O)N(C6CCC(=O)NC6=O)C7=O)CC5)cn4)ncc3F)cc21. The van der Waals surface area contributed by atoms with Crippen molar-refractivity contribution in [2.75, 3.05) is 94.5 Å². The van der Waals surface area contributed by atoms with E-state index >= 15 is 8.78 Å². The smallest absolute Gasteiger partial charge is 0.264 e. The maximum absolute atomic E-state index is 15.1. The monoisotopic (exact) mass is 897 g/mol. The van der Waals surface area contributed by atoms with E-state index in [4.69, 9.17) is 18.9 Å². The molecule has 0 saturated carbocycles. The van der Waals surface area contributed by atoms with Gasteiger partial charge in [-0.2, -0.15) is 0 Å². The number of amides is 4. The molecule has 2 aromatic carbocycles. The van der Waals surface area contributed by atoms with Crippen LogP contribution in [0, 0.1) is 11.6 Å². The van der Waals surface area contributed by atoms with Gasteiger partial charge in [0.2, 0.25) is 17.8 Å². The molecular weight excluding hydrogens is 845 g/mol. The summed E-state index contributed by atoms with van der Waals surface area (Å²) in [6.07, 6.45) is 5.05. The number of halogens is 2. The van der Waals surface area contributed by atoms with E-state index in [1.165, 1.54) is 6.07 Å². The Balaban J connectivity index is 0.686. The fourth-order valence-electron chi connectivity index (χ4n) is 8.59. The number of piperidine rings is 2. The molecule has 0 aliphatic carbocycles. The van der Waals surface area contributed by atoms with Crippen molar-refractivity contribution in [3.8, 4) is 17.0 Å². The van der Waals surface area contributed by atoms with Crippen molar-refractivity contribution >= 4 is 46.8 Å². The number of likely N-dealkylation sites (tertiary alicyclic amines) is 1. The molecule has 0 radical (unpaired) electrons. The largest absolute Gasteiger partial charge is 0.486 e. The van der Waals surface area contributed by atoms with Gasteiger partial charge in [0.15, 0.2) is 17.4 Å². The standard InChI is InChI=1S/C46H53F2N9O8/c1-28(2)56-16-19-65-42-33(47)24-31(25-37(42)56)41-34(48)27-51-46(54-41)52-38-8-6-30(26-50-38)29-10-13-55(14-11-29)15-18-63-21-23-64-22-20-62-17-12-49-35-5-3-4-32-40(35)45(61)57(44(32)60)36-7-9-39(58)53-43(36)59/h3-6,8,24-29,36,49H,7,9-23H2,1-2H3,(H,53,58,59)(H,50,51,52,54). The minimum Gasteiger partial charge on any atom is -0.486 e. The van der Waals surface area contributed by atoms with Crippen molar-refractivity contribution in [3.63, 3.8) is 0 Å². The molecular formula is C46H53F2N9O8. The third-order valence-electron chi connectivity index (χ3n) is 12.0. The molecule has 4 aliphatic heterocycles. The van der Waals surface area contributed by atoms with Crippen LogP contribution in [0.25, 0.3) is 11.3 Å². The second-order valence-electron chi connectivity index (χ2n) is 16.5. The molecule has 344 valence electrons. The van der Waals surface area contributed by atoms with E-state index in [0.29, 0.717) is 82.4 Å². The highest BCUT2D eigenvalue weighted by Gasteiger charge is 2.45. The Hall–Kier alpha value is -6.15. The van der Waals surface area contributed by atoms with Crippen molar-refractivity contribution in [2.24, 2.45) is 0 Å². The fourth-order valence-corrected chi connectivity index (χ4v) is 8.59. The molecule has 65 heavy (non-hydrogen) atoms. The molecule has 4 aliphatic rings. The Morgan fingerprint density at radius 1 is 0.862 bits per heavy atom. The Morgan fingerprint density at radius 2 is 1.63 bits per heavy atom. The molecule has 19 heteroatoms.